The molecule has 248 valence electrons. The Labute approximate surface area is 282 Å². The molecule has 1 saturated heterocycles. The van der Waals surface area contributed by atoms with Crippen molar-refractivity contribution in [2.75, 3.05) is 13.1 Å². The van der Waals surface area contributed by atoms with E-state index in [1.165, 1.54) is 85.0 Å². The van der Waals surface area contributed by atoms with E-state index in [4.69, 9.17) is 9.97 Å². The molecular weight excluding hydrogens is 574 g/mol. The molecule has 3 aliphatic heterocycles. The Hall–Kier alpha value is -3.86. The normalized spacial score (nSPS) is 15.3. The van der Waals surface area contributed by atoms with Crippen LogP contribution in [0.1, 0.15) is 145 Å². The minimum absolute atomic E-state index is 0.942. The first kappa shape index (κ1) is 33.1. The standard InChI is InChI=1S/C42H55N5/c1-9-26-28(11-3)37-24-39-30(13-5)32(15-7)41(45-39)34(19-22-47-20-17-18-21-47)42-33(16-8)31(14-6)40(46-42)25-38-29(12-4)27(10-2)36(44-38)23-35(26)43-37/h19,22-25,43-44H,9-18,20-21H2,1-8H3/b22-19+,35-23?,36-23?,37-24?,38-25?,39-24?,40-25?,41-34?,42-34?. The van der Waals surface area contributed by atoms with Crippen LogP contribution in [0, 0.1) is 0 Å². The van der Waals surface area contributed by atoms with Gasteiger partial charge in [0.05, 0.1) is 22.8 Å². The average molecular weight is 630 g/mol. The largest absolute Gasteiger partial charge is 0.377 e. The lowest BCUT2D eigenvalue weighted by Crippen LogP contribution is -2.10. The van der Waals surface area contributed by atoms with Crippen LogP contribution in [0.25, 0.3) is 50.4 Å². The summed E-state index contributed by atoms with van der Waals surface area (Å²) in [6, 6.07) is 7.06. The summed E-state index contributed by atoms with van der Waals surface area (Å²) in [5.41, 5.74) is 21.5. The van der Waals surface area contributed by atoms with Gasteiger partial charge in [-0.2, -0.15) is 0 Å². The highest BCUT2D eigenvalue weighted by molar-refractivity contribution is 5.99. The quantitative estimate of drug-likeness (QED) is 0.235. The van der Waals surface area contributed by atoms with Crippen molar-refractivity contribution in [2.45, 2.75) is 120 Å². The Morgan fingerprint density at radius 2 is 0.915 bits per heavy atom. The van der Waals surface area contributed by atoms with Crippen molar-refractivity contribution in [1.29, 1.82) is 0 Å². The molecule has 0 aliphatic carbocycles. The van der Waals surface area contributed by atoms with E-state index in [-0.39, 0.29) is 0 Å². The maximum Gasteiger partial charge on any atom is 0.0767 e. The number of aryl methyl sites for hydroxylation is 4. The van der Waals surface area contributed by atoms with Crippen molar-refractivity contribution in [3.05, 3.63) is 75.0 Å². The highest BCUT2D eigenvalue weighted by Crippen LogP contribution is 2.42. The monoisotopic (exact) mass is 629 g/mol. The predicted octanol–water partition coefficient (Wildman–Crippen LogP) is 11.1. The van der Waals surface area contributed by atoms with Gasteiger partial charge in [0.1, 0.15) is 0 Å². The molecular formula is C42H55N5. The zero-order valence-electron chi connectivity index (χ0n) is 30.2. The summed E-state index contributed by atoms with van der Waals surface area (Å²) in [6.07, 6.45) is 14.9. The van der Waals surface area contributed by atoms with Crippen molar-refractivity contribution in [2.24, 2.45) is 0 Å². The molecule has 0 amide bonds. The molecule has 47 heavy (non-hydrogen) atoms. The molecule has 0 unspecified atom stereocenters. The Balaban J connectivity index is 1.85. The fraction of sp³-hybridized carbons (Fsp3) is 0.476. The smallest absolute Gasteiger partial charge is 0.0767 e. The van der Waals surface area contributed by atoms with Gasteiger partial charge in [-0.05, 0) is 139 Å². The Morgan fingerprint density at radius 3 is 1.28 bits per heavy atom. The molecule has 0 aromatic carbocycles. The van der Waals surface area contributed by atoms with E-state index in [0.717, 1.165) is 87.2 Å². The van der Waals surface area contributed by atoms with Crippen LogP contribution in [-0.4, -0.2) is 37.9 Å². The first-order chi connectivity index (χ1) is 22.9. The Bertz CT molecular complexity index is 1800. The number of rotatable bonds is 10. The summed E-state index contributed by atoms with van der Waals surface area (Å²) in [6.45, 7) is 20.5. The van der Waals surface area contributed by atoms with Crippen LogP contribution >= 0.6 is 0 Å². The number of nitrogens with one attached hydrogen (secondary N) is 2. The number of hydrogen-bond donors (Lipinski definition) is 2. The summed E-state index contributed by atoms with van der Waals surface area (Å²) < 4.78 is 0. The molecule has 3 aromatic heterocycles. The molecule has 0 saturated carbocycles. The number of likely N-dealkylation sites (tertiary alicyclic amines) is 1. The maximum atomic E-state index is 5.55. The summed E-state index contributed by atoms with van der Waals surface area (Å²) in [5.74, 6) is 0. The lowest BCUT2D eigenvalue weighted by Gasteiger charge is -2.13. The number of aromatic amines is 2. The van der Waals surface area contributed by atoms with Gasteiger partial charge in [0.15, 0.2) is 0 Å². The van der Waals surface area contributed by atoms with Crippen molar-refractivity contribution in [1.82, 2.24) is 24.8 Å². The molecule has 0 spiro atoms. The van der Waals surface area contributed by atoms with Gasteiger partial charge in [0.2, 0.25) is 0 Å². The van der Waals surface area contributed by atoms with Crippen LogP contribution in [0.4, 0.5) is 0 Å². The molecule has 6 rings (SSSR count). The lowest BCUT2D eigenvalue weighted by molar-refractivity contribution is 0.471. The van der Waals surface area contributed by atoms with Crippen molar-refractivity contribution < 1.29 is 0 Å². The van der Waals surface area contributed by atoms with E-state index in [2.05, 4.69) is 101 Å². The van der Waals surface area contributed by atoms with Crippen LogP contribution in [0.3, 0.4) is 0 Å². The SMILES string of the molecule is CCC1=C(CC)c2nc1cc1[nH]c(cc3[nH]c(cc4nc(c2/C=C/N2CCCC2)C(CC)=C4CC)c(CC)c3CC)c(CC)c1CC. The number of allylic oxidation sites excluding steroid dienone is 4. The third-order valence-corrected chi connectivity index (χ3v) is 10.7. The molecule has 3 aliphatic rings. The van der Waals surface area contributed by atoms with Gasteiger partial charge in [-0.15, -0.1) is 0 Å². The number of H-pyrrole nitrogens is 2. The average Bonchev–Trinajstić information content (AvgIpc) is 3.90. The van der Waals surface area contributed by atoms with E-state index in [1.54, 1.807) is 0 Å². The second-order valence-electron chi connectivity index (χ2n) is 13.2. The van der Waals surface area contributed by atoms with Crippen LogP contribution in [0.5, 0.6) is 0 Å². The van der Waals surface area contributed by atoms with Gasteiger partial charge in [-0.25, -0.2) is 9.97 Å². The molecule has 5 nitrogen and oxygen atoms in total. The highest BCUT2D eigenvalue weighted by atomic mass is 15.1. The first-order valence-corrected chi connectivity index (χ1v) is 18.6. The maximum absolute atomic E-state index is 5.55. The first-order valence-electron chi connectivity index (χ1n) is 18.6. The molecule has 5 heteroatoms. The van der Waals surface area contributed by atoms with Crippen molar-refractivity contribution in [3.63, 3.8) is 0 Å². The third-order valence-electron chi connectivity index (χ3n) is 10.7. The van der Waals surface area contributed by atoms with Gasteiger partial charge in [0, 0.05) is 40.7 Å². The lowest BCUT2D eigenvalue weighted by atomic mass is 9.93. The van der Waals surface area contributed by atoms with E-state index in [1.807, 2.05) is 0 Å². The van der Waals surface area contributed by atoms with E-state index in [0.29, 0.717) is 0 Å². The van der Waals surface area contributed by atoms with Gasteiger partial charge >= 0.3 is 0 Å². The fourth-order valence-corrected chi connectivity index (χ4v) is 8.45. The molecule has 8 bridgehead atoms. The van der Waals surface area contributed by atoms with Crippen LogP contribution in [-0.2, 0) is 25.7 Å². The van der Waals surface area contributed by atoms with Crippen LogP contribution in [0.2, 0.25) is 0 Å². The van der Waals surface area contributed by atoms with Gasteiger partial charge < -0.3 is 14.9 Å². The molecule has 3 aromatic rings. The van der Waals surface area contributed by atoms with Crippen molar-refractivity contribution in [3.8, 4) is 0 Å². The van der Waals surface area contributed by atoms with Crippen LogP contribution in [0.15, 0.2) is 24.4 Å². The number of aromatic nitrogens is 4. The summed E-state index contributed by atoms with van der Waals surface area (Å²) >= 11 is 0. The summed E-state index contributed by atoms with van der Waals surface area (Å²) in [7, 11) is 0. The van der Waals surface area contributed by atoms with Crippen molar-refractivity contribution >= 4 is 50.4 Å². The molecule has 6 heterocycles. The van der Waals surface area contributed by atoms with E-state index >= 15 is 0 Å². The summed E-state index contributed by atoms with van der Waals surface area (Å²) in [5, 5.41) is 0. The van der Waals surface area contributed by atoms with Gasteiger partial charge in [-0.3, -0.25) is 0 Å². The third kappa shape index (κ3) is 5.81. The molecule has 1 fully saturated rings. The van der Waals surface area contributed by atoms with E-state index in [9.17, 15) is 0 Å². The van der Waals surface area contributed by atoms with E-state index < -0.39 is 0 Å². The second-order valence-corrected chi connectivity index (χ2v) is 13.2. The zero-order valence-corrected chi connectivity index (χ0v) is 30.2. The molecule has 0 atom stereocenters. The van der Waals surface area contributed by atoms with Crippen LogP contribution < -0.4 is 0 Å². The minimum atomic E-state index is 0.942. The Morgan fingerprint density at radius 1 is 0.532 bits per heavy atom. The number of hydrogen-bond acceptors (Lipinski definition) is 3. The zero-order chi connectivity index (χ0) is 33.2. The fourth-order valence-electron chi connectivity index (χ4n) is 8.45. The Kier molecular flexibility index (Phi) is 9.91. The van der Waals surface area contributed by atoms with Gasteiger partial charge in [-0.1, -0.05) is 55.4 Å². The molecule has 0 radical (unpaired) electrons. The number of nitrogens with zero attached hydrogens (tertiary/aromatic N) is 3. The molecule has 2 N–H and O–H groups in total. The second kappa shape index (κ2) is 14.1. The predicted molar refractivity (Wildman–Crippen MR) is 203 cm³/mol. The summed E-state index contributed by atoms with van der Waals surface area (Å²) in [4.78, 5) is 21.4. The number of fused-ring (bicyclic) bond motifs is 8. The highest BCUT2D eigenvalue weighted by Gasteiger charge is 2.26. The minimum Gasteiger partial charge on any atom is -0.377 e. The topological polar surface area (TPSA) is 60.6 Å². The van der Waals surface area contributed by atoms with Gasteiger partial charge in [0.25, 0.3) is 0 Å².